The van der Waals surface area contributed by atoms with E-state index in [2.05, 4.69) is 37.9 Å². The van der Waals surface area contributed by atoms with Crippen molar-refractivity contribution >= 4 is 0 Å². The van der Waals surface area contributed by atoms with Gasteiger partial charge in [0.2, 0.25) is 0 Å². The monoisotopic (exact) mass is 167 g/mol. The topological polar surface area (TPSA) is 21.3 Å². The molecule has 0 aromatic rings. The van der Waals surface area contributed by atoms with Gasteiger partial charge in [0.05, 0.1) is 25.8 Å². The van der Waals surface area contributed by atoms with E-state index in [1.165, 1.54) is 0 Å². The largest absolute Gasteiger partial charge is 0.378 e. The van der Waals surface area contributed by atoms with Crippen LogP contribution in [0.5, 0.6) is 0 Å². The van der Waals surface area contributed by atoms with E-state index in [1.807, 2.05) is 0 Å². The Balaban J connectivity index is 2.10. The summed E-state index contributed by atoms with van der Waals surface area (Å²) in [4.78, 5) is 0. The second kappa shape index (κ2) is 3.93. The van der Waals surface area contributed by atoms with E-state index in [1.54, 1.807) is 0 Å². The lowest BCUT2D eigenvalue weighted by molar-refractivity contribution is -0.00323. The molecule has 0 bridgehead atoms. The number of rotatable bonds is 2. The fourth-order valence-electron chi connectivity index (χ4n) is 0.858. The van der Waals surface area contributed by atoms with Crippen LogP contribution in [0.25, 0.3) is 0 Å². The molecular weight excluding hydrogens is 150 g/mol. The van der Waals surface area contributed by atoms with Gasteiger partial charge < -0.3 is 4.74 Å². The first-order valence-electron chi connectivity index (χ1n) is 4.39. The van der Waals surface area contributed by atoms with Crippen molar-refractivity contribution in [3.05, 3.63) is 0 Å². The first kappa shape index (κ1) is 9.57. The SMILES string of the molecule is CC(C)(C)C#CCNC1COC1. The molecule has 1 rings (SSSR count). The van der Waals surface area contributed by atoms with Gasteiger partial charge >= 0.3 is 0 Å². The molecule has 1 fully saturated rings. The minimum Gasteiger partial charge on any atom is -0.378 e. The van der Waals surface area contributed by atoms with Crippen LogP contribution in [0.1, 0.15) is 20.8 Å². The maximum Gasteiger partial charge on any atom is 0.0643 e. The summed E-state index contributed by atoms with van der Waals surface area (Å²) < 4.78 is 5.02. The second-order valence-electron chi connectivity index (χ2n) is 4.17. The Morgan fingerprint density at radius 2 is 2.08 bits per heavy atom. The van der Waals surface area contributed by atoms with Crippen LogP contribution < -0.4 is 5.32 Å². The fourth-order valence-corrected chi connectivity index (χ4v) is 0.858. The molecule has 1 heterocycles. The Kier molecular flexibility index (Phi) is 3.13. The highest BCUT2D eigenvalue weighted by molar-refractivity contribution is 5.08. The van der Waals surface area contributed by atoms with Crippen LogP contribution in [0.3, 0.4) is 0 Å². The van der Waals surface area contributed by atoms with E-state index in [0.29, 0.717) is 6.04 Å². The van der Waals surface area contributed by atoms with E-state index < -0.39 is 0 Å². The fraction of sp³-hybridized carbons (Fsp3) is 0.800. The number of nitrogens with one attached hydrogen (secondary N) is 1. The van der Waals surface area contributed by atoms with Gasteiger partial charge in [-0.25, -0.2) is 0 Å². The molecule has 0 amide bonds. The smallest absolute Gasteiger partial charge is 0.0643 e. The van der Waals surface area contributed by atoms with Gasteiger partial charge in [0, 0.05) is 5.41 Å². The highest BCUT2D eigenvalue weighted by Gasteiger charge is 2.16. The third-order valence-electron chi connectivity index (χ3n) is 1.58. The second-order valence-corrected chi connectivity index (χ2v) is 4.17. The Morgan fingerprint density at radius 3 is 2.50 bits per heavy atom. The Labute approximate surface area is 74.7 Å². The van der Waals surface area contributed by atoms with E-state index in [-0.39, 0.29) is 5.41 Å². The molecule has 1 aliphatic rings. The molecule has 0 aromatic carbocycles. The first-order valence-corrected chi connectivity index (χ1v) is 4.39. The van der Waals surface area contributed by atoms with Crippen LogP contribution in [-0.2, 0) is 4.74 Å². The number of hydrogen-bond acceptors (Lipinski definition) is 2. The maximum atomic E-state index is 5.02. The molecular formula is C10H17NO. The highest BCUT2D eigenvalue weighted by Crippen LogP contribution is 2.09. The molecule has 2 heteroatoms. The quantitative estimate of drug-likeness (QED) is 0.620. The average molecular weight is 167 g/mol. The number of hydrogen-bond donors (Lipinski definition) is 1. The zero-order valence-corrected chi connectivity index (χ0v) is 8.11. The predicted octanol–water partition coefficient (Wildman–Crippen LogP) is 1.02. The average Bonchev–Trinajstić information content (AvgIpc) is 1.80. The van der Waals surface area contributed by atoms with Crippen molar-refractivity contribution in [2.45, 2.75) is 26.8 Å². The minimum atomic E-state index is 0.123. The summed E-state index contributed by atoms with van der Waals surface area (Å²) in [5, 5.41) is 3.29. The minimum absolute atomic E-state index is 0.123. The molecule has 0 saturated carbocycles. The molecule has 0 unspecified atom stereocenters. The highest BCUT2D eigenvalue weighted by atomic mass is 16.5. The lowest BCUT2D eigenvalue weighted by Gasteiger charge is -2.25. The molecule has 0 aliphatic carbocycles. The van der Waals surface area contributed by atoms with E-state index in [0.717, 1.165) is 19.8 Å². The van der Waals surface area contributed by atoms with Crippen molar-refractivity contribution in [1.29, 1.82) is 0 Å². The zero-order chi connectivity index (χ0) is 9.03. The number of ether oxygens (including phenoxy) is 1. The van der Waals surface area contributed by atoms with Crippen LogP contribution in [0, 0.1) is 17.3 Å². The van der Waals surface area contributed by atoms with Gasteiger partial charge in [-0.2, -0.15) is 0 Å². The summed E-state index contributed by atoms with van der Waals surface area (Å²) in [5.41, 5.74) is 0.123. The van der Waals surface area contributed by atoms with Gasteiger partial charge in [-0.3, -0.25) is 5.32 Å². The van der Waals surface area contributed by atoms with Crippen LogP contribution >= 0.6 is 0 Å². The summed E-state index contributed by atoms with van der Waals surface area (Å²) in [6, 6.07) is 0.541. The Morgan fingerprint density at radius 1 is 1.42 bits per heavy atom. The molecule has 68 valence electrons. The molecule has 1 saturated heterocycles. The van der Waals surface area contributed by atoms with Gasteiger partial charge in [-0.05, 0) is 20.8 Å². The van der Waals surface area contributed by atoms with Crippen molar-refractivity contribution in [2.24, 2.45) is 5.41 Å². The predicted molar refractivity (Wildman–Crippen MR) is 49.8 cm³/mol. The van der Waals surface area contributed by atoms with Crippen molar-refractivity contribution in [3.63, 3.8) is 0 Å². The molecule has 0 atom stereocenters. The van der Waals surface area contributed by atoms with E-state index in [4.69, 9.17) is 4.74 Å². The van der Waals surface area contributed by atoms with E-state index >= 15 is 0 Å². The Hall–Kier alpha value is -0.520. The molecule has 0 aromatic heterocycles. The summed E-state index contributed by atoms with van der Waals surface area (Å²) in [7, 11) is 0. The summed E-state index contributed by atoms with van der Waals surface area (Å²) in [6.45, 7) is 8.82. The van der Waals surface area contributed by atoms with Crippen LogP contribution in [0.2, 0.25) is 0 Å². The maximum absolute atomic E-state index is 5.02. The van der Waals surface area contributed by atoms with Crippen molar-refractivity contribution in [2.75, 3.05) is 19.8 Å². The third-order valence-corrected chi connectivity index (χ3v) is 1.58. The molecule has 1 N–H and O–H groups in total. The van der Waals surface area contributed by atoms with Crippen molar-refractivity contribution in [3.8, 4) is 11.8 Å². The first-order chi connectivity index (χ1) is 5.58. The van der Waals surface area contributed by atoms with Crippen LogP contribution in [0.15, 0.2) is 0 Å². The molecule has 1 aliphatic heterocycles. The van der Waals surface area contributed by atoms with Gasteiger partial charge in [-0.15, -0.1) is 0 Å². The van der Waals surface area contributed by atoms with Crippen molar-refractivity contribution < 1.29 is 4.74 Å². The molecule has 0 radical (unpaired) electrons. The van der Waals surface area contributed by atoms with Gasteiger partial charge in [0.25, 0.3) is 0 Å². The standard InChI is InChI=1S/C10H17NO/c1-10(2,3)5-4-6-11-9-7-12-8-9/h9,11H,6-8H2,1-3H3. The van der Waals surface area contributed by atoms with Gasteiger partial charge in [-0.1, -0.05) is 11.8 Å². The summed E-state index contributed by atoms with van der Waals surface area (Å²) in [5.74, 6) is 6.28. The van der Waals surface area contributed by atoms with Gasteiger partial charge in [0.1, 0.15) is 0 Å². The normalized spacial score (nSPS) is 17.9. The zero-order valence-electron chi connectivity index (χ0n) is 8.11. The van der Waals surface area contributed by atoms with Crippen molar-refractivity contribution in [1.82, 2.24) is 5.32 Å². The van der Waals surface area contributed by atoms with Gasteiger partial charge in [0.15, 0.2) is 0 Å². The Bertz CT molecular complexity index is 190. The van der Waals surface area contributed by atoms with Crippen LogP contribution in [0.4, 0.5) is 0 Å². The summed E-state index contributed by atoms with van der Waals surface area (Å²) >= 11 is 0. The lowest BCUT2D eigenvalue weighted by atomic mass is 9.98. The molecule has 12 heavy (non-hydrogen) atoms. The lowest BCUT2D eigenvalue weighted by Crippen LogP contribution is -2.45. The molecule has 0 spiro atoms. The van der Waals surface area contributed by atoms with E-state index in [9.17, 15) is 0 Å². The third kappa shape index (κ3) is 3.75. The summed E-state index contributed by atoms with van der Waals surface area (Å²) in [6.07, 6.45) is 0. The van der Waals surface area contributed by atoms with Crippen LogP contribution in [-0.4, -0.2) is 25.8 Å². The molecule has 2 nitrogen and oxygen atoms in total.